The molecule has 0 saturated carbocycles. The van der Waals surface area contributed by atoms with Gasteiger partial charge in [-0.15, -0.1) is 7.92 Å². The highest BCUT2D eigenvalue weighted by Crippen LogP contribution is 2.14. The first kappa shape index (κ1) is 26.6. The largest absolute Gasteiger partial charge is 0.286 e. The van der Waals surface area contributed by atoms with Crippen molar-refractivity contribution in [2.45, 2.75) is 96.8 Å². The van der Waals surface area contributed by atoms with Gasteiger partial charge in [0.1, 0.15) is 0 Å². The zero-order valence-corrected chi connectivity index (χ0v) is 18.4. The second kappa shape index (κ2) is 19.7. The summed E-state index contributed by atoms with van der Waals surface area (Å²) in [6.07, 6.45) is 17.4. The lowest BCUT2D eigenvalue weighted by atomic mass is 10.0. The highest BCUT2D eigenvalue weighted by atomic mass is 32.2. The third-order valence-electron chi connectivity index (χ3n) is 3.76. The molecule has 3 nitrogen and oxygen atoms in total. The summed E-state index contributed by atoms with van der Waals surface area (Å²) in [5.74, 6) is -0.0783. The maximum Gasteiger partial charge on any atom is 0.264 e. The van der Waals surface area contributed by atoms with Gasteiger partial charge in [-0.1, -0.05) is 90.4 Å². The van der Waals surface area contributed by atoms with Crippen LogP contribution in [0.3, 0.4) is 0 Å². The van der Waals surface area contributed by atoms with E-state index in [9.17, 15) is 8.42 Å². The van der Waals surface area contributed by atoms with Crippen molar-refractivity contribution in [2.24, 2.45) is 0 Å². The van der Waals surface area contributed by atoms with Crippen molar-refractivity contribution in [1.82, 2.24) is 0 Å². The maximum atomic E-state index is 10.5. The van der Waals surface area contributed by atoms with E-state index in [0.29, 0.717) is 14.3 Å². The molecule has 0 bridgehead atoms. The van der Waals surface area contributed by atoms with Crippen molar-refractivity contribution in [3.63, 3.8) is 0 Å². The van der Waals surface area contributed by atoms with Crippen molar-refractivity contribution < 1.29 is 13.0 Å². The SMILES string of the molecule is CCCCCCCCCCCCCCCCS(=O)(=O)O.CP(C)C. The monoisotopic (exact) mass is 382 g/mol. The lowest BCUT2D eigenvalue weighted by molar-refractivity contribution is 0.478. The Morgan fingerprint density at radius 1 is 0.625 bits per heavy atom. The molecule has 0 heterocycles. The van der Waals surface area contributed by atoms with Gasteiger partial charge in [0.05, 0.1) is 5.75 Å². The van der Waals surface area contributed by atoms with E-state index in [2.05, 4.69) is 26.9 Å². The molecule has 0 fully saturated rings. The van der Waals surface area contributed by atoms with Crippen LogP contribution in [0.25, 0.3) is 0 Å². The third kappa shape index (κ3) is 33.8. The molecular weight excluding hydrogens is 339 g/mol. The Balaban J connectivity index is 0. The molecule has 0 aliphatic heterocycles. The van der Waals surface area contributed by atoms with E-state index in [1.54, 1.807) is 0 Å². The van der Waals surface area contributed by atoms with Gasteiger partial charge in [0.2, 0.25) is 0 Å². The number of hydrogen-bond donors (Lipinski definition) is 1. The maximum absolute atomic E-state index is 10.5. The number of rotatable bonds is 15. The first-order valence-electron chi connectivity index (χ1n) is 9.85. The number of unbranched alkanes of at least 4 members (excludes halogenated alkanes) is 13. The van der Waals surface area contributed by atoms with E-state index in [4.69, 9.17) is 4.55 Å². The summed E-state index contributed by atoms with van der Waals surface area (Å²) >= 11 is 0. The summed E-state index contributed by atoms with van der Waals surface area (Å²) in [6.45, 7) is 8.95. The van der Waals surface area contributed by atoms with Crippen LogP contribution in [0.5, 0.6) is 0 Å². The van der Waals surface area contributed by atoms with Gasteiger partial charge in [0.25, 0.3) is 10.1 Å². The second-order valence-corrected chi connectivity index (χ2v) is 11.5. The van der Waals surface area contributed by atoms with Crippen LogP contribution in [-0.2, 0) is 10.1 Å². The smallest absolute Gasteiger partial charge is 0.264 e. The Kier molecular flexibility index (Phi) is 21.8. The van der Waals surface area contributed by atoms with Gasteiger partial charge in [-0.2, -0.15) is 8.42 Å². The predicted molar refractivity (Wildman–Crippen MR) is 111 cm³/mol. The van der Waals surface area contributed by atoms with Crippen LogP contribution in [-0.4, -0.2) is 38.7 Å². The quantitative estimate of drug-likeness (QED) is 0.194. The molecule has 0 aromatic rings. The lowest BCUT2D eigenvalue weighted by Crippen LogP contribution is -2.03. The van der Waals surface area contributed by atoms with Crippen LogP contribution in [0, 0.1) is 0 Å². The molecule has 0 aliphatic carbocycles. The van der Waals surface area contributed by atoms with Crippen LogP contribution in [0.1, 0.15) is 96.8 Å². The summed E-state index contributed by atoms with van der Waals surface area (Å²) in [5, 5.41) is 0. The molecule has 5 heteroatoms. The fourth-order valence-corrected chi connectivity index (χ4v) is 3.05. The molecule has 0 unspecified atom stereocenters. The average molecular weight is 383 g/mol. The Morgan fingerprint density at radius 2 is 0.875 bits per heavy atom. The zero-order valence-electron chi connectivity index (χ0n) is 16.7. The molecule has 148 valence electrons. The van der Waals surface area contributed by atoms with Crippen molar-refractivity contribution >= 4 is 18.0 Å². The molecule has 0 saturated heterocycles. The van der Waals surface area contributed by atoms with Crippen LogP contribution in [0.2, 0.25) is 0 Å². The molecule has 0 aliphatic rings. The van der Waals surface area contributed by atoms with Gasteiger partial charge in [-0.3, -0.25) is 4.55 Å². The van der Waals surface area contributed by atoms with Gasteiger partial charge in [0, 0.05) is 0 Å². The minimum Gasteiger partial charge on any atom is -0.286 e. The van der Waals surface area contributed by atoms with E-state index < -0.39 is 10.1 Å². The van der Waals surface area contributed by atoms with Crippen LogP contribution in [0.15, 0.2) is 0 Å². The molecule has 1 N–H and O–H groups in total. The molecule has 0 spiro atoms. The highest BCUT2D eigenvalue weighted by Gasteiger charge is 2.02. The van der Waals surface area contributed by atoms with Crippen LogP contribution in [0.4, 0.5) is 0 Å². The van der Waals surface area contributed by atoms with Gasteiger partial charge in [0.15, 0.2) is 0 Å². The van der Waals surface area contributed by atoms with Crippen molar-refractivity contribution in [1.29, 1.82) is 0 Å². The molecule has 24 heavy (non-hydrogen) atoms. The Hall–Kier alpha value is 0.340. The summed E-state index contributed by atoms with van der Waals surface area (Å²) in [4.78, 5) is 0. The first-order valence-corrected chi connectivity index (χ1v) is 14.1. The summed E-state index contributed by atoms with van der Waals surface area (Å²) in [7, 11) is -3.36. The molecule has 0 aromatic carbocycles. The second-order valence-electron chi connectivity index (χ2n) is 7.22. The topological polar surface area (TPSA) is 54.4 Å². The van der Waals surface area contributed by atoms with Crippen molar-refractivity contribution in [2.75, 3.05) is 25.7 Å². The van der Waals surface area contributed by atoms with Crippen molar-refractivity contribution in [3.05, 3.63) is 0 Å². The van der Waals surface area contributed by atoms with Gasteiger partial charge >= 0.3 is 0 Å². The minimum absolute atomic E-state index is 0.0783. The number of hydrogen-bond acceptors (Lipinski definition) is 2. The predicted octanol–water partition coefficient (Wildman–Crippen LogP) is 6.71. The Labute approximate surface area is 153 Å². The minimum atomic E-state index is -3.74. The molecule has 0 aromatic heterocycles. The summed E-state index contributed by atoms with van der Waals surface area (Å²) in [5.41, 5.74) is 0. The third-order valence-corrected chi connectivity index (χ3v) is 4.56. The normalized spacial score (nSPS) is 11.4. The van der Waals surface area contributed by atoms with E-state index in [1.165, 1.54) is 70.6 Å². The Bertz CT molecular complexity index is 327. The van der Waals surface area contributed by atoms with Gasteiger partial charge < -0.3 is 0 Å². The lowest BCUT2D eigenvalue weighted by Gasteiger charge is -2.03. The molecule has 0 atom stereocenters. The van der Waals surface area contributed by atoms with Crippen LogP contribution >= 0.6 is 7.92 Å². The standard InChI is InChI=1S/C16H34O3S.C3H9P/c1-2-3-4-5-6-7-8-9-10-11-12-13-14-15-16-20(17,18)19;1-4(2)3/h2-16H2,1H3,(H,17,18,19);1-3H3. The molecule has 0 radical (unpaired) electrons. The highest BCUT2D eigenvalue weighted by molar-refractivity contribution is 7.85. The van der Waals surface area contributed by atoms with E-state index in [-0.39, 0.29) is 5.75 Å². The fraction of sp³-hybridized carbons (Fsp3) is 1.00. The zero-order chi connectivity index (χ0) is 18.7. The van der Waals surface area contributed by atoms with Crippen LogP contribution < -0.4 is 0 Å². The summed E-state index contributed by atoms with van der Waals surface area (Å²) < 4.78 is 29.6. The molecule has 0 amide bonds. The van der Waals surface area contributed by atoms with E-state index in [1.807, 2.05) is 0 Å². The summed E-state index contributed by atoms with van der Waals surface area (Å²) in [6, 6.07) is 0. The van der Waals surface area contributed by atoms with Gasteiger partial charge in [-0.05, 0) is 26.4 Å². The van der Waals surface area contributed by atoms with E-state index in [0.717, 1.165) is 12.8 Å². The Morgan fingerprint density at radius 3 is 1.12 bits per heavy atom. The van der Waals surface area contributed by atoms with E-state index >= 15 is 0 Å². The average Bonchev–Trinajstić information content (AvgIpc) is 2.46. The van der Waals surface area contributed by atoms with Crippen molar-refractivity contribution in [3.8, 4) is 0 Å². The van der Waals surface area contributed by atoms with Gasteiger partial charge in [-0.25, -0.2) is 0 Å². The first-order chi connectivity index (χ1) is 11.3. The molecule has 0 rings (SSSR count). The molecular formula is C19H43O3PS. The fourth-order valence-electron chi connectivity index (χ4n) is 2.48.